The summed E-state index contributed by atoms with van der Waals surface area (Å²) in [5.41, 5.74) is 3.03. The molecule has 0 spiro atoms. The van der Waals surface area contributed by atoms with Crippen LogP contribution in [0.25, 0.3) is 11.3 Å². The lowest BCUT2D eigenvalue weighted by Gasteiger charge is -2.23. The number of hydrogen-bond donors (Lipinski definition) is 0. The molecule has 170 valence electrons. The maximum absolute atomic E-state index is 13.2. The van der Waals surface area contributed by atoms with E-state index in [2.05, 4.69) is 36.2 Å². The van der Waals surface area contributed by atoms with Crippen molar-refractivity contribution in [3.8, 4) is 17.0 Å². The fraction of sp³-hybridized carbons (Fsp3) is 0.222. The van der Waals surface area contributed by atoms with Crippen molar-refractivity contribution in [1.29, 1.82) is 0 Å². The second kappa shape index (κ2) is 11.1. The first kappa shape index (κ1) is 23.7. The summed E-state index contributed by atoms with van der Waals surface area (Å²) in [4.78, 5) is 23.8. The number of imidazole rings is 1. The number of rotatable bonds is 11. The fourth-order valence-electron chi connectivity index (χ4n) is 3.48. The number of nitrogens with zero attached hydrogens (tertiary/aromatic N) is 4. The normalized spacial score (nSPS) is 11.5. The summed E-state index contributed by atoms with van der Waals surface area (Å²) in [7, 11) is 1.64. The summed E-state index contributed by atoms with van der Waals surface area (Å²) in [6.45, 7) is 14.8. The number of carbonyl (C=O) groups excluding carboxylic acids is 1. The molecule has 6 nitrogen and oxygen atoms in total. The van der Waals surface area contributed by atoms with Gasteiger partial charge >= 0.3 is 0 Å². The second-order valence-electron chi connectivity index (χ2n) is 7.82. The lowest BCUT2D eigenvalue weighted by atomic mass is 10.1. The predicted molar refractivity (Wildman–Crippen MR) is 131 cm³/mol. The van der Waals surface area contributed by atoms with Gasteiger partial charge in [0, 0.05) is 36.4 Å². The highest BCUT2D eigenvalue weighted by molar-refractivity contribution is 5.80. The molecule has 0 radical (unpaired) electrons. The van der Waals surface area contributed by atoms with Gasteiger partial charge in [-0.05, 0) is 35.8 Å². The number of ether oxygens (including phenoxy) is 1. The molecule has 1 atom stereocenters. The molecule has 1 unspecified atom stereocenters. The van der Waals surface area contributed by atoms with E-state index in [4.69, 9.17) is 9.72 Å². The lowest BCUT2D eigenvalue weighted by molar-refractivity contribution is -0.129. The number of amides is 1. The van der Waals surface area contributed by atoms with E-state index in [1.54, 1.807) is 30.5 Å². The van der Waals surface area contributed by atoms with E-state index in [0.29, 0.717) is 12.2 Å². The summed E-state index contributed by atoms with van der Waals surface area (Å²) in [6, 6.07) is 11.5. The number of benzene rings is 1. The molecule has 0 aliphatic heterocycles. The van der Waals surface area contributed by atoms with Gasteiger partial charge in [-0.2, -0.15) is 0 Å². The molecule has 0 fully saturated rings. The zero-order valence-electron chi connectivity index (χ0n) is 19.3. The van der Waals surface area contributed by atoms with Gasteiger partial charge in [0.15, 0.2) is 0 Å². The van der Waals surface area contributed by atoms with E-state index >= 15 is 0 Å². The Morgan fingerprint density at radius 2 is 2.03 bits per heavy atom. The van der Waals surface area contributed by atoms with Gasteiger partial charge in [-0.1, -0.05) is 44.4 Å². The molecule has 1 amide bonds. The van der Waals surface area contributed by atoms with Crippen LogP contribution in [-0.2, 0) is 24.3 Å². The average Bonchev–Trinajstić information content (AvgIpc) is 3.24. The van der Waals surface area contributed by atoms with Crippen molar-refractivity contribution in [2.24, 2.45) is 5.92 Å². The Balaban J connectivity index is 1.97. The third-order valence-electron chi connectivity index (χ3n) is 5.39. The predicted octanol–water partition coefficient (Wildman–Crippen LogP) is 5.05. The van der Waals surface area contributed by atoms with Gasteiger partial charge in [-0.25, -0.2) is 4.98 Å². The van der Waals surface area contributed by atoms with Gasteiger partial charge in [0.05, 0.1) is 25.8 Å². The minimum absolute atomic E-state index is 0.0990. The van der Waals surface area contributed by atoms with Crippen LogP contribution in [0.3, 0.4) is 0 Å². The SMILES string of the molecule is C=CC(=C)N(Cc1nc(-c2ccccc2OC)cn1CC(C)C=C)C(=O)Cc1cccnc1. The first-order valence-corrected chi connectivity index (χ1v) is 10.8. The molecular weight excluding hydrogens is 412 g/mol. The first-order valence-electron chi connectivity index (χ1n) is 10.8. The van der Waals surface area contributed by atoms with Crippen molar-refractivity contribution in [2.75, 3.05) is 7.11 Å². The van der Waals surface area contributed by atoms with E-state index in [0.717, 1.165) is 28.4 Å². The number of pyridine rings is 1. The van der Waals surface area contributed by atoms with Gasteiger partial charge in [0.25, 0.3) is 0 Å². The molecule has 0 saturated carbocycles. The quantitative estimate of drug-likeness (QED) is 0.308. The Morgan fingerprint density at radius 1 is 1.24 bits per heavy atom. The van der Waals surface area contributed by atoms with Crippen LogP contribution >= 0.6 is 0 Å². The highest BCUT2D eigenvalue weighted by atomic mass is 16.5. The lowest BCUT2D eigenvalue weighted by Crippen LogP contribution is -2.31. The zero-order valence-corrected chi connectivity index (χ0v) is 19.3. The van der Waals surface area contributed by atoms with Crippen molar-refractivity contribution >= 4 is 5.91 Å². The Bertz CT molecular complexity index is 1130. The summed E-state index contributed by atoms with van der Waals surface area (Å²) >= 11 is 0. The van der Waals surface area contributed by atoms with Gasteiger partial charge in [0.1, 0.15) is 11.6 Å². The highest BCUT2D eigenvalue weighted by Crippen LogP contribution is 2.29. The molecule has 6 heteroatoms. The molecule has 0 N–H and O–H groups in total. The van der Waals surface area contributed by atoms with Crippen molar-refractivity contribution in [2.45, 2.75) is 26.4 Å². The van der Waals surface area contributed by atoms with Crippen molar-refractivity contribution in [1.82, 2.24) is 19.4 Å². The summed E-state index contributed by atoms with van der Waals surface area (Å²) in [6.07, 6.45) is 9.07. The largest absolute Gasteiger partial charge is 0.496 e. The Hall–Kier alpha value is -3.93. The fourth-order valence-corrected chi connectivity index (χ4v) is 3.48. The van der Waals surface area contributed by atoms with Gasteiger partial charge in [-0.15, -0.1) is 6.58 Å². The standard InChI is InChI=1S/C27H30N4O2/c1-6-20(3)17-30-18-24(23-12-8-9-13-25(23)33-5)29-26(30)19-31(21(4)7-2)27(32)15-22-11-10-14-28-16-22/h6-14,16,18,20H,1-2,4,15,17,19H2,3,5H3. The molecule has 3 aromatic rings. The van der Waals surface area contributed by atoms with Crippen LogP contribution in [0.5, 0.6) is 5.75 Å². The van der Waals surface area contributed by atoms with Gasteiger partial charge < -0.3 is 14.2 Å². The zero-order chi connectivity index (χ0) is 23.8. The van der Waals surface area contributed by atoms with E-state index in [1.165, 1.54) is 0 Å². The highest BCUT2D eigenvalue weighted by Gasteiger charge is 2.21. The van der Waals surface area contributed by atoms with Crippen molar-refractivity contribution in [3.05, 3.63) is 104 Å². The van der Waals surface area contributed by atoms with E-state index in [9.17, 15) is 4.79 Å². The Kier molecular flexibility index (Phi) is 7.97. The minimum Gasteiger partial charge on any atom is -0.496 e. The minimum atomic E-state index is -0.0990. The molecule has 2 aromatic heterocycles. The number of carbonyl (C=O) groups is 1. The number of aromatic nitrogens is 3. The molecule has 3 rings (SSSR count). The molecule has 0 saturated heterocycles. The number of allylic oxidation sites excluding steroid dienone is 2. The van der Waals surface area contributed by atoms with Gasteiger partial charge in [-0.3, -0.25) is 9.78 Å². The topological polar surface area (TPSA) is 60.2 Å². The van der Waals surface area contributed by atoms with Crippen molar-refractivity contribution < 1.29 is 9.53 Å². The van der Waals surface area contributed by atoms with Crippen LogP contribution in [-0.4, -0.2) is 32.5 Å². The Labute approximate surface area is 195 Å². The first-order chi connectivity index (χ1) is 16.0. The second-order valence-corrected chi connectivity index (χ2v) is 7.82. The molecular formula is C27H30N4O2. The molecule has 0 aliphatic rings. The maximum atomic E-state index is 13.2. The maximum Gasteiger partial charge on any atom is 0.231 e. The average molecular weight is 443 g/mol. The van der Waals surface area contributed by atoms with Gasteiger partial charge in [0.2, 0.25) is 5.91 Å². The monoisotopic (exact) mass is 442 g/mol. The molecule has 1 aromatic carbocycles. The van der Waals surface area contributed by atoms with Crippen LogP contribution < -0.4 is 4.74 Å². The Morgan fingerprint density at radius 3 is 2.70 bits per heavy atom. The van der Waals surface area contributed by atoms with E-state index in [-0.39, 0.29) is 24.8 Å². The summed E-state index contributed by atoms with van der Waals surface area (Å²) in [5.74, 6) is 1.61. The van der Waals surface area contributed by atoms with Crippen molar-refractivity contribution in [3.63, 3.8) is 0 Å². The van der Waals surface area contributed by atoms with Crippen LogP contribution in [0.2, 0.25) is 0 Å². The number of para-hydroxylation sites is 1. The van der Waals surface area contributed by atoms with E-state index < -0.39 is 0 Å². The van der Waals surface area contributed by atoms with Crippen LogP contribution in [0.4, 0.5) is 0 Å². The number of methoxy groups -OCH3 is 1. The van der Waals surface area contributed by atoms with Crippen LogP contribution in [0.15, 0.2) is 92.6 Å². The summed E-state index contributed by atoms with van der Waals surface area (Å²) < 4.78 is 7.59. The molecule has 33 heavy (non-hydrogen) atoms. The third-order valence-corrected chi connectivity index (χ3v) is 5.39. The third kappa shape index (κ3) is 5.86. The smallest absolute Gasteiger partial charge is 0.231 e. The van der Waals surface area contributed by atoms with Crippen LogP contribution in [0.1, 0.15) is 18.3 Å². The van der Waals surface area contributed by atoms with E-state index in [1.807, 2.05) is 48.7 Å². The molecule has 0 bridgehead atoms. The van der Waals surface area contributed by atoms with Crippen LogP contribution in [0, 0.1) is 5.92 Å². The molecule has 2 heterocycles. The summed E-state index contributed by atoms with van der Waals surface area (Å²) in [5, 5.41) is 0. The molecule has 0 aliphatic carbocycles. The number of hydrogen-bond acceptors (Lipinski definition) is 4.